The van der Waals surface area contributed by atoms with Crippen LogP contribution in [0, 0.1) is 0 Å². The van der Waals surface area contributed by atoms with E-state index in [1.807, 2.05) is 42.5 Å². The van der Waals surface area contributed by atoms with Gasteiger partial charge in [0.15, 0.2) is 0 Å². The summed E-state index contributed by atoms with van der Waals surface area (Å²) in [7, 11) is 0. The lowest BCUT2D eigenvalue weighted by atomic mass is 9.97. The van der Waals surface area contributed by atoms with Crippen molar-refractivity contribution >= 4 is 71.3 Å². The van der Waals surface area contributed by atoms with Gasteiger partial charge < -0.3 is 9.32 Å². The second-order valence-electron chi connectivity index (χ2n) is 11.5. The molecule has 0 aliphatic heterocycles. The van der Waals surface area contributed by atoms with Gasteiger partial charge in [-0.3, -0.25) is 0 Å². The molecule has 0 spiro atoms. The van der Waals surface area contributed by atoms with Crippen LogP contribution >= 0.6 is 0 Å². The van der Waals surface area contributed by atoms with Crippen LogP contribution in [0.3, 0.4) is 0 Å². The van der Waals surface area contributed by atoms with Crippen LogP contribution < -0.4 is 4.90 Å². The first kappa shape index (κ1) is 15.7. The van der Waals surface area contributed by atoms with E-state index < -0.39 is 153 Å². The highest BCUT2D eigenvalue weighted by Crippen LogP contribution is 2.46. The summed E-state index contributed by atoms with van der Waals surface area (Å²) in [4.78, 5) is 1.09. The average Bonchev–Trinajstić information content (AvgIpc) is 3.73. The second kappa shape index (κ2) is 11.5. The Hall–Kier alpha value is -6.64. The van der Waals surface area contributed by atoms with Crippen molar-refractivity contribution in [3.8, 4) is 22.3 Å². The molecule has 0 aliphatic carbocycles. The maximum absolute atomic E-state index is 9.76. The van der Waals surface area contributed by atoms with E-state index in [1.165, 1.54) is 6.07 Å². The molecule has 10 aromatic rings. The summed E-state index contributed by atoms with van der Waals surface area (Å²) in [6.07, 6.45) is 0. The van der Waals surface area contributed by atoms with Crippen LogP contribution in [0.2, 0.25) is 0 Å². The van der Waals surface area contributed by atoms with Gasteiger partial charge >= 0.3 is 0 Å². The highest BCUT2D eigenvalue weighted by atomic mass is 16.3. The maximum Gasteiger partial charge on any atom is 0.143 e. The standard InChI is InChI=1S/C48H31NO/c1-4-17-37-32(12-1)15-9-21-38(37)35-26-29-36(30-27-35)49(45-25-10-16-33-13-2-5-18-39(33)45)46-24-8-7-20-41(46)42-22-11-23-43-44-31-28-34-14-3-6-19-40(34)47(44)50-48(42)43/h1-31H/i1D,2D,4D,5D,9D,10D,12D,13D,15D,16D,17D,18D,21D,25D,26D,27D,29D,30D. The number of benzene rings is 9. The Morgan fingerprint density at radius 1 is 0.380 bits per heavy atom. The Balaban J connectivity index is 1.37. The van der Waals surface area contributed by atoms with Gasteiger partial charge in [0, 0.05) is 38.4 Å². The van der Waals surface area contributed by atoms with Crippen LogP contribution in [-0.4, -0.2) is 0 Å². The van der Waals surface area contributed by atoms with E-state index >= 15 is 0 Å². The summed E-state index contributed by atoms with van der Waals surface area (Å²) < 4.78 is 169. The highest BCUT2D eigenvalue weighted by Gasteiger charge is 2.22. The summed E-state index contributed by atoms with van der Waals surface area (Å²) >= 11 is 0. The lowest BCUT2D eigenvalue weighted by molar-refractivity contribution is 0.674. The zero-order chi connectivity index (χ0) is 48.7. The van der Waals surface area contributed by atoms with Gasteiger partial charge in [0.2, 0.25) is 0 Å². The predicted molar refractivity (Wildman–Crippen MR) is 212 cm³/mol. The van der Waals surface area contributed by atoms with Crippen molar-refractivity contribution in [3.05, 3.63) is 188 Å². The Kier molecular flexibility index (Phi) is 3.62. The van der Waals surface area contributed by atoms with Gasteiger partial charge in [-0.1, -0.05) is 157 Å². The first-order chi connectivity index (χ1) is 32.3. The van der Waals surface area contributed by atoms with Crippen LogP contribution in [0.1, 0.15) is 24.7 Å². The molecule has 10 rings (SSSR count). The third-order valence-electron chi connectivity index (χ3n) is 8.74. The van der Waals surface area contributed by atoms with Crippen molar-refractivity contribution in [2.45, 2.75) is 0 Å². The maximum atomic E-state index is 9.76. The molecular formula is C48H31NO. The lowest BCUT2D eigenvalue weighted by Gasteiger charge is -2.29. The van der Waals surface area contributed by atoms with Gasteiger partial charge in [0.25, 0.3) is 0 Å². The number of nitrogens with zero attached hydrogens (tertiary/aromatic N) is 1. The minimum absolute atomic E-state index is 0.0194. The molecule has 9 aromatic carbocycles. The zero-order valence-electron chi connectivity index (χ0n) is 43.9. The molecule has 0 saturated heterocycles. The molecule has 1 heterocycles. The minimum Gasteiger partial charge on any atom is -0.455 e. The Bertz CT molecular complexity index is 3880. The highest BCUT2D eigenvalue weighted by molar-refractivity contribution is 6.18. The predicted octanol–water partition coefficient (Wildman–Crippen LogP) is 13.8. The summed E-state index contributed by atoms with van der Waals surface area (Å²) in [6, 6.07) is 9.42. The Morgan fingerprint density at radius 3 is 1.92 bits per heavy atom. The molecule has 0 bridgehead atoms. The van der Waals surface area contributed by atoms with Crippen molar-refractivity contribution in [1.82, 2.24) is 0 Å². The third-order valence-corrected chi connectivity index (χ3v) is 8.74. The summed E-state index contributed by atoms with van der Waals surface area (Å²) in [5.74, 6) is 0. The van der Waals surface area contributed by atoms with Gasteiger partial charge in [-0.15, -0.1) is 0 Å². The number of anilines is 3. The van der Waals surface area contributed by atoms with Gasteiger partial charge in [-0.05, 0) is 62.9 Å². The van der Waals surface area contributed by atoms with Gasteiger partial charge in [-0.2, -0.15) is 0 Å². The molecule has 2 heteroatoms. The average molecular weight is 656 g/mol. The smallest absolute Gasteiger partial charge is 0.143 e. The van der Waals surface area contributed by atoms with E-state index in [-0.39, 0.29) is 5.69 Å². The van der Waals surface area contributed by atoms with Crippen LogP contribution in [0.4, 0.5) is 17.1 Å². The number of para-hydroxylation sites is 2. The molecule has 0 amide bonds. The molecule has 0 N–H and O–H groups in total. The van der Waals surface area contributed by atoms with Gasteiger partial charge in [-0.25, -0.2) is 0 Å². The second-order valence-corrected chi connectivity index (χ2v) is 11.5. The van der Waals surface area contributed by atoms with Crippen LogP contribution in [0.25, 0.3) is 76.5 Å². The minimum atomic E-state index is -0.880. The molecule has 0 radical (unpaired) electrons. The third kappa shape index (κ3) is 4.50. The molecule has 1 aromatic heterocycles. The Labute approximate surface area is 315 Å². The zero-order valence-corrected chi connectivity index (χ0v) is 25.9. The summed E-state index contributed by atoms with van der Waals surface area (Å²) in [5.41, 5.74) is -0.590. The fourth-order valence-corrected chi connectivity index (χ4v) is 6.50. The van der Waals surface area contributed by atoms with Crippen LogP contribution in [0.5, 0.6) is 0 Å². The lowest BCUT2D eigenvalue weighted by Crippen LogP contribution is -2.11. The normalized spacial score (nSPS) is 16.6. The van der Waals surface area contributed by atoms with Gasteiger partial charge in [0.1, 0.15) is 11.2 Å². The fraction of sp³-hybridized carbons (Fsp3) is 0. The Morgan fingerprint density at radius 2 is 1.04 bits per heavy atom. The fourth-order valence-electron chi connectivity index (χ4n) is 6.50. The number of rotatable bonds is 5. The molecule has 0 saturated carbocycles. The van der Waals surface area contributed by atoms with Crippen molar-refractivity contribution in [3.63, 3.8) is 0 Å². The van der Waals surface area contributed by atoms with Crippen LogP contribution in [0.15, 0.2) is 192 Å². The number of fused-ring (bicyclic) bond motifs is 7. The summed E-state index contributed by atoms with van der Waals surface area (Å²) in [5, 5.41) is 1.39. The molecule has 50 heavy (non-hydrogen) atoms. The number of furan rings is 1. The summed E-state index contributed by atoms with van der Waals surface area (Å²) in [6.45, 7) is 0. The quantitative estimate of drug-likeness (QED) is 0.183. The first-order valence-electron chi connectivity index (χ1n) is 24.6. The SMILES string of the molecule is [2H]c1c([2H])c(N(c2ccccc2-c2cccc3c2oc2c4ccccc4ccc32)c2c([2H])c([2H])c([2H])c3c([2H])c([2H])c([2H])c([2H])c23)c([2H])c([2H])c1-c1c([2H])c([2H])c([2H])c2c([2H])c([2H])c([2H])c([2H])c12. The van der Waals surface area contributed by atoms with Crippen molar-refractivity contribution < 1.29 is 29.1 Å². The molecular weight excluding hydrogens is 607 g/mol. The van der Waals surface area contributed by atoms with E-state index in [4.69, 9.17) is 20.9 Å². The van der Waals surface area contributed by atoms with Crippen molar-refractivity contribution in [2.24, 2.45) is 0 Å². The largest absolute Gasteiger partial charge is 0.455 e. The molecule has 2 nitrogen and oxygen atoms in total. The number of hydrogen-bond donors (Lipinski definition) is 0. The van der Waals surface area contributed by atoms with Crippen LogP contribution in [-0.2, 0) is 0 Å². The molecule has 0 unspecified atom stereocenters. The van der Waals surface area contributed by atoms with E-state index in [2.05, 4.69) is 0 Å². The number of hydrogen-bond acceptors (Lipinski definition) is 2. The van der Waals surface area contributed by atoms with E-state index in [1.54, 1.807) is 30.3 Å². The topological polar surface area (TPSA) is 16.4 Å². The monoisotopic (exact) mass is 655 g/mol. The van der Waals surface area contributed by atoms with E-state index in [9.17, 15) is 8.22 Å². The molecule has 234 valence electrons. The van der Waals surface area contributed by atoms with E-state index in [0.717, 1.165) is 21.1 Å². The van der Waals surface area contributed by atoms with E-state index in [0.29, 0.717) is 27.7 Å². The van der Waals surface area contributed by atoms with Crippen molar-refractivity contribution in [1.29, 1.82) is 0 Å². The van der Waals surface area contributed by atoms with Crippen molar-refractivity contribution in [2.75, 3.05) is 4.90 Å². The molecule has 0 atom stereocenters. The van der Waals surface area contributed by atoms with Gasteiger partial charge in [0.05, 0.1) is 36.0 Å². The molecule has 0 fully saturated rings. The first-order valence-corrected chi connectivity index (χ1v) is 15.6. The molecule has 0 aliphatic rings.